The molecule has 0 unspecified atom stereocenters. The second-order valence-corrected chi connectivity index (χ2v) is 3.99. The van der Waals surface area contributed by atoms with Crippen molar-refractivity contribution in [3.8, 4) is 11.3 Å². The molecule has 19 heavy (non-hydrogen) atoms. The van der Waals surface area contributed by atoms with Crippen LogP contribution >= 0.6 is 11.6 Å². The van der Waals surface area contributed by atoms with Crippen LogP contribution in [0.3, 0.4) is 0 Å². The molecule has 2 rings (SSSR count). The Labute approximate surface area is 108 Å². The van der Waals surface area contributed by atoms with Crippen molar-refractivity contribution in [1.82, 2.24) is 9.97 Å². The van der Waals surface area contributed by atoms with Crippen LogP contribution in [0, 0.1) is 5.82 Å². The molecule has 1 aromatic heterocycles. The summed E-state index contributed by atoms with van der Waals surface area (Å²) in [7, 11) is 0. The molecule has 0 radical (unpaired) electrons. The van der Waals surface area contributed by atoms with E-state index >= 15 is 0 Å². The summed E-state index contributed by atoms with van der Waals surface area (Å²) in [6.07, 6.45) is -3.90. The van der Waals surface area contributed by atoms with Crippen LogP contribution in [0.5, 0.6) is 0 Å². The fourth-order valence-electron chi connectivity index (χ4n) is 1.54. The molecule has 0 aliphatic carbocycles. The summed E-state index contributed by atoms with van der Waals surface area (Å²) >= 11 is 5.47. The fraction of sp³-hybridized carbons (Fsp3) is 0.0909. The monoisotopic (exact) mass is 292 g/mol. The van der Waals surface area contributed by atoms with Gasteiger partial charge in [0.2, 0.25) is 0 Å². The van der Waals surface area contributed by atoms with Crippen molar-refractivity contribution in [2.75, 3.05) is 0 Å². The van der Waals surface area contributed by atoms with Crippen molar-refractivity contribution in [2.24, 2.45) is 0 Å². The Morgan fingerprint density at radius 2 is 1.95 bits per heavy atom. The van der Waals surface area contributed by atoms with Crippen LogP contribution in [0.25, 0.3) is 11.3 Å². The molecule has 0 spiro atoms. The van der Waals surface area contributed by atoms with Crippen molar-refractivity contribution in [3.05, 3.63) is 51.3 Å². The zero-order valence-corrected chi connectivity index (χ0v) is 9.81. The van der Waals surface area contributed by atoms with Gasteiger partial charge >= 0.3 is 6.18 Å². The summed E-state index contributed by atoms with van der Waals surface area (Å²) in [4.78, 5) is 16.8. The molecule has 100 valence electrons. The molecule has 2 aromatic rings. The van der Waals surface area contributed by atoms with Gasteiger partial charge in [0.15, 0.2) is 5.82 Å². The smallest absolute Gasteiger partial charge is 0.313 e. The first-order chi connectivity index (χ1) is 8.80. The zero-order valence-electron chi connectivity index (χ0n) is 9.05. The first kappa shape index (κ1) is 13.5. The highest BCUT2D eigenvalue weighted by atomic mass is 35.5. The Balaban J connectivity index is 2.81. The van der Waals surface area contributed by atoms with E-state index in [1.807, 2.05) is 0 Å². The second kappa shape index (κ2) is 4.65. The molecule has 0 aliphatic heterocycles. The normalized spacial score (nSPS) is 11.6. The maximum absolute atomic E-state index is 13.8. The maximum Gasteiger partial charge on any atom is 0.417 e. The Kier molecular flexibility index (Phi) is 3.32. The first-order valence-electron chi connectivity index (χ1n) is 4.91. The molecule has 1 N–H and O–H groups in total. The molecule has 0 fully saturated rings. The van der Waals surface area contributed by atoms with Crippen LogP contribution < -0.4 is 5.56 Å². The van der Waals surface area contributed by atoms with Crippen LogP contribution in [0.15, 0.2) is 29.3 Å². The first-order valence-corrected chi connectivity index (χ1v) is 5.29. The summed E-state index contributed by atoms with van der Waals surface area (Å²) < 4.78 is 52.3. The van der Waals surface area contributed by atoms with Crippen molar-refractivity contribution in [2.45, 2.75) is 6.18 Å². The Morgan fingerprint density at radius 3 is 2.53 bits per heavy atom. The quantitative estimate of drug-likeness (QED) is 0.820. The van der Waals surface area contributed by atoms with Gasteiger partial charge in [0.1, 0.15) is 0 Å². The minimum atomic E-state index is -4.79. The van der Waals surface area contributed by atoms with Gasteiger partial charge in [-0.3, -0.25) is 4.79 Å². The van der Waals surface area contributed by atoms with Crippen molar-refractivity contribution in [3.63, 3.8) is 0 Å². The SMILES string of the molecule is O=c1cc(-c2c(C(F)(F)F)ccc(Cl)c2F)nc[nH]1. The van der Waals surface area contributed by atoms with E-state index in [-0.39, 0.29) is 0 Å². The highest BCUT2D eigenvalue weighted by molar-refractivity contribution is 6.31. The number of nitrogens with zero attached hydrogens (tertiary/aromatic N) is 1. The number of alkyl halides is 3. The van der Waals surface area contributed by atoms with E-state index in [4.69, 9.17) is 11.6 Å². The molecular formula is C11H5ClF4N2O. The standard InChI is InChI=1S/C11H5ClF4N2O/c12-6-2-1-5(11(14,15)16)9(10(6)13)7-3-8(19)18-4-17-7/h1-4H,(H,17,18,19). The number of halogens is 5. The lowest BCUT2D eigenvalue weighted by Crippen LogP contribution is -2.11. The fourth-order valence-corrected chi connectivity index (χ4v) is 1.70. The molecule has 0 bridgehead atoms. The molecule has 3 nitrogen and oxygen atoms in total. The van der Waals surface area contributed by atoms with Gasteiger partial charge in [0.05, 0.1) is 22.6 Å². The number of rotatable bonds is 1. The van der Waals surface area contributed by atoms with E-state index in [1.54, 1.807) is 0 Å². The highest BCUT2D eigenvalue weighted by Gasteiger charge is 2.36. The van der Waals surface area contributed by atoms with Crippen LogP contribution in [0.1, 0.15) is 5.56 Å². The Bertz CT molecular complexity index is 681. The largest absolute Gasteiger partial charge is 0.417 e. The van der Waals surface area contributed by atoms with Crippen LogP contribution in [0.4, 0.5) is 17.6 Å². The van der Waals surface area contributed by atoms with E-state index < -0.39 is 39.4 Å². The minimum Gasteiger partial charge on any atom is -0.313 e. The molecule has 0 atom stereocenters. The zero-order chi connectivity index (χ0) is 14.2. The predicted molar refractivity (Wildman–Crippen MR) is 60.3 cm³/mol. The van der Waals surface area contributed by atoms with Crippen molar-refractivity contribution >= 4 is 11.6 Å². The highest BCUT2D eigenvalue weighted by Crippen LogP contribution is 2.39. The maximum atomic E-state index is 13.8. The third-order valence-corrected chi connectivity index (χ3v) is 2.63. The van der Waals surface area contributed by atoms with Crippen LogP contribution in [-0.2, 0) is 6.18 Å². The number of nitrogens with one attached hydrogen (secondary N) is 1. The molecule has 0 aliphatic rings. The van der Waals surface area contributed by atoms with Gasteiger partial charge in [0, 0.05) is 11.6 Å². The summed E-state index contributed by atoms with van der Waals surface area (Å²) in [5.74, 6) is -1.27. The lowest BCUT2D eigenvalue weighted by molar-refractivity contribution is -0.137. The third kappa shape index (κ3) is 2.60. The molecule has 0 amide bonds. The van der Waals surface area contributed by atoms with E-state index in [0.717, 1.165) is 18.5 Å². The average Bonchev–Trinajstić information content (AvgIpc) is 2.31. The lowest BCUT2D eigenvalue weighted by Gasteiger charge is -2.13. The number of aromatic amines is 1. The summed E-state index contributed by atoms with van der Waals surface area (Å²) in [5.41, 5.74) is -3.22. The Morgan fingerprint density at radius 1 is 1.26 bits per heavy atom. The second-order valence-electron chi connectivity index (χ2n) is 3.58. The van der Waals surface area contributed by atoms with Gasteiger partial charge in [-0.2, -0.15) is 13.2 Å². The molecule has 8 heteroatoms. The van der Waals surface area contributed by atoms with E-state index in [1.165, 1.54) is 0 Å². The minimum absolute atomic E-state index is 0.434. The molecular weight excluding hydrogens is 288 g/mol. The number of hydrogen-bond donors (Lipinski definition) is 1. The number of hydrogen-bond acceptors (Lipinski definition) is 2. The number of benzene rings is 1. The van der Waals surface area contributed by atoms with Crippen LogP contribution in [-0.4, -0.2) is 9.97 Å². The molecule has 0 saturated carbocycles. The lowest BCUT2D eigenvalue weighted by atomic mass is 10.0. The summed E-state index contributed by atoms with van der Waals surface area (Å²) in [5, 5.41) is -0.481. The number of aromatic nitrogens is 2. The van der Waals surface area contributed by atoms with Crippen molar-refractivity contribution < 1.29 is 17.6 Å². The van der Waals surface area contributed by atoms with Gasteiger partial charge in [0.25, 0.3) is 5.56 Å². The molecule has 0 saturated heterocycles. The topological polar surface area (TPSA) is 45.8 Å². The van der Waals surface area contributed by atoms with E-state index in [0.29, 0.717) is 6.07 Å². The predicted octanol–water partition coefficient (Wildman–Crippen LogP) is 3.25. The van der Waals surface area contributed by atoms with Gasteiger partial charge in [-0.05, 0) is 12.1 Å². The van der Waals surface area contributed by atoms with Gasteiger partial charge < -0.3 is 4.98 Å². The van der Waals surface area contributed by atoms with Crippen LogP contribution in [0.2, 0.25) is 5.02 Å². The van der Waals surface area contributed by atoms with E-state index in [9.17, 15) is 22.4 Å². The van der Waals surface area contributed by atoms with Gasteiger partial charge in [-0.25, -0.2) is 9.37 Å². The molecule has 1 heterocycles. The van der Waals surface area contributed by atoms with E-state index in [2.05, 4.69) is 9.97 Å². The van der Waals surface area contributed by atoms with Gasteiger partial charge in [-0.1, -0.05) is 11.6 Å². The average molecular weight is 293 g/mol. The summed E-state index contributed by atoms with van der Waals surface area (Å²) in [6.45, 7) is 0. The van der Waals surface area contributed by atoms with Gasteiger partial charge in [-0.15, -0.1) is 0 Å². The number of H-pyrrole nitrogens is 1. The molecule has 1 aromatic carbocycles. The Hall–Kier alpha value is -1.89. The van der Waals surface area contributed by atoms with Crippen molar-refractivity contribution in [1.29, 1.82) is 0 Å². The third-order valence-electron chi connectivity index (χ3n) is 2.33. The summed E-state index contributed by atoms with van der Waals surface area (Å²) in [6, 6.07) is 2.21.